The molecule has 2 fully saturated rings. The number of carbonyl (C=O) groups is 1. The largest absolute Gasteiger partial charge is 0.423 e. The third-order valence-corrected chi connectivity index (χ3v) is 5.88. The number of carbonyl (C=O) groups excluding carboxylic acids is 1. The second-order valence-corrected chi connectivity index (χ2v) is 7.99. The van der Waals surface area contributed by atoms with E-state index >= 15 is 0 Å². The molecule has 128 valence electrons. The van der Waals surface area contributed by atoms with Crippen LogP contribution in [0.1, 0.15) is 12.8 Å². The molecule has 0 bridgehead atoms. The monoisotopic (exact) mass is 365 g/mol. The van der Waals surface area contributed by atoms with Crippen molar-refractivity contribution in [2.24, 2.45) is 5.92 Å². The quantitative estimate of drug-likeness (QED) is 0.817. The van der Waals surface area contributed by atoms with Gasteiger partial charge in [0.15, 0.2) is 5.58 Å². The zero-order valence-electron chi connectivity index (χ0n) is 13.4. The Bertz CT molecular complexity index is 745. The highest BCUT2D eigenvalue weighted by molar-refractivity contribution is 7.99. The third-order valence-electron chi connectivity index (χ3n) is 4.70. The Kier molecular flexibility index (Phi) is 4.59. The highest BCUT2D eigenvalue weighted by atomic mass is 35.5. The predicted molar refractivity (Wildman–Crippen MR) is 97.9 cm³/mol. The zero-order valence-corrected chi connectivity index (χ0v) is 15.0. The van der Waals surface area contributed by atoms with Gasteiger partial charge in [-0.15, -0.1) is 0 Å². The summed E-state index contributed by atoms with van der Waals surface area (Å²) in [6, 6.07) is 6.04. The molecule has 0 spiro atoms. The summed E-state index contributed by atoms with van der Waals surface area (Å²) in [6.07, 6.45) is 1.93. The van der Waals surface area contributed by atoms with Crippen molar-refractivity contribution in [3.05, 3.63) is 23.2 Å². The van der Waals surface area contributed by atoms with E-state index < -0.39 is 0 Å². The van der Waals surface area contributed by atoms with Gasteiger partial charge in [0.2, 0.25) is 5.91 Å². The number of fused-ring (bicyclic) bond motifs is 1. The maximum atomic E-state index is 12.8. The Morgan fingerprint density at radius 1 is 1.29 bits per heavy atom. The Balaban J connectivity index is 1.50. The fourth-order valence-electron chi connectivity index (χ4n) is 3.42. The van der Waals surface area contributed by atoms with Crippen LogP contribution in [-0.2, 0) is 4.79 Å². The number of anilines is 1. The maximum Gasteiger partial charge on any atom is 0.298 e. The number of oxazole rings is 1. The Hall–Kier alpha value is -1.40. The number of aromatic nitrogens is 1. The molecule has 0 saturated carbocycles. The van der Waals surface area contributed by atoms with E-state index in [1.807, 2.05) is 28.8 Å². The lowest BCUT2D eigenvalue weighted by atomic mass is 9.96. The summed E-state index contributed by atoms with van der Waals surface area (Å²) < 4.78 is 5.86. The molecule has 0 N–H and O–H groups in total. The molecule has 2 aliphatic heterocycles. The summed E-state index contributed by atoms with van der Waals surface area (Å²) in [5.74, 6) is 2.43. The molecule has 4 rings (SSSR count). The molecule has 2 aliphatic rings. The van der Waals surface area contributed by atoms with Crippen molar-refractivity contribution >= 4 is 46.4 Å². The predicted octanol–water partition coefficient (Wildman–Crippen LogP) is 3.27. The van der Waals surface area contributed by atoms with E-state index in [0.717, 1.165) is 55.1 Å². The first-order chi connectivity index (χ1) is 11.7. The van der Waals surface area contributed by atoms with Crippen LogP contribution in [0.2, 0.25) is 5.02 Å². The number of hydrogen-bond donors (Lipinski definition) is 0. The Morgan fingerprint density at radius 3 is 2.96 bits per heavy atom. The van der Waals surface area contributed by atoms with Crippen LogP contribution in [0, 0.1) is 5.92 Å². The minimum Gasteiger partial charge on any atom is -0.423 e. The number of halogens is 1. The number of hydrogen-bond acceptors (Lipinski definition) is 5. The molecule has 1 unspecified atom stereocenters. The molecule has 2 aromatic rings. The van der Waals surface area contributed by atoms with Crippen LogP contribution < -0.4 is 4.90 Å². The van der Waals surface area contributed by atoms with Gasteiger partial charge in [-0.3, -0.25) is 4.79 Å². The minimum absolute atomic E-state index is 0.0421. The van der Waals surface area contributed by atoms with Crippen molar-refractivity contribution in [2.75, 3.05) is 42.6 Å². The first kappa shape index (κ1) is 16.1. The smallest absolute Gasteiger partial charge is 0.298 e. The van der Waals surface area contributed by atoms with Crippen LogP contribution >= 0.6 is 23.4 Å². The van der Waals surface area contributed by atoms with Crippen LogP contribution in [0.3, 0.4) is 0 Å². The summed E-state index contributed by atoms with van der Waals surface area (Å²) >= 11 is 7.94. The van der Waals surface area contributed by atoms with Crippen LogP contribution in [0.4, 0.5) is 6.01 Å². The summed E-state index contributed by atoms with van der Waals surface area (Å²) in [4.78, 5) is 21.4. The maximum absolute atomic E-state index is 12.8. The molecule has 5 nitrogen and oxygen atoms in total. The molecular weight excluding hydrogens is 346 g/mol. The number of rotatable bonds is 2. The van der Waals surface area contributed by atoms with Crippen LogP contribution in [0.15, 0.2) is 22.6 Å². The summed E-state index contributed by atoms with van der Waals surface area (Å²) in [5, 5.41) is 0.650. The van der Waals surface area contributed by atoms with Gasteiger partial charge in [0, 0.05) is 42.7 Å². The second kappa shape index (κ2) is 6.84. The molecular formula is C17H20ClN3O2S. The summed E-state index contributed by atoms with van der Waals surface area (Å²) in [6.45, 7) is 3.31. The molecule has 1 aromatic carbocycles. The summed E-state index contributed by atoms with van der Waals surface area (Å²) in [7, 11) is 0. The average molecular weight is 366 g/mol. The van der Waals surface area contributed by atoms with E-state index in [9.17, 15) is 4.79 Å². The highest BCUT2D eigenvalue weighted by Gasteiger charge is 2.31. The first-order valence-corrected chi connectivity index (χ1v) is 9.91. The molecule has 0 aliphatic carbocycles. The number of thioether (sulfide) groups is 1. The molecule has 2 saturated heterocycles. The zero-order chi connectivity index (χ0) is 16.5. The highest BCUT2D eigenvalue weighted by Crippen LogP contribution is 2.28. The van der Waals surface area contributed by atoms with Gasteiger partial charge in [0.25, 0.3) is 6.01 Å². The molecule has 3 heterocycles. The number of benzene rings is 1. The van der Waals surface area contributed by atoms with Gasteiger partial charge in [-0.25, -0.2) is 0 Å². The topological polar surface area (TPSA) is 49.6 Å². The fraction of sp³-hybridized carbons (Fsp3) is 0.529. The standard InChI is InChI=1S/C17H20ClN3O2S/c18-13-3-4-15-14(10-13)19-17(23-15)21-5-1-2-12(11-21)16(22)20-6-8-24-9-7-20/h3-4,10,12H,1-2,5-9,11H2. The van der Waals surface area contributed by atoms with E-state index in [0.29, 0.717) is 23.5 Å². The normalized spacial score (nSPS) is 22.1. The van der Waals surface area contributed by atoms with Gasteiger partial charge in [0.05, 0.1) is 5.92 Å². The van der Waals surface area contributed by atoms with Gasteiger partial charge in [-0.2, -0.15) is 16.7 Å². The lowest BCUT2D eigenvalue weighted by Crippen LogP contribution is -2.47. The molecule has 1 aromatic heterocycles. The van der Waals surface area contributed by atoms with E-state index in [2.05, 4.69) is 9.88 Å². The van der Waals surface area contributed by atoms with Gasteiger partial charge in [-0.05, 0) is 31.0 Å². The third kappa shape index (κ3) is 3.22. The average Bonchev–Trinajstić information content (AvgIpc) is 3.05. The molecule has 24 heavy (non-hydrogen) atoms. The van der Waals surface area contributed by atoms with Gasteiger partial charge < -0.3 is 14.2 Å². The fourth-order valence-corrected chi connectivity index (χ4v) is 4.49. The lowest BCUT2D eigenvalue weighted by molar-refractivity contribution is -0.135. The first-order valence-electron chi connectivity index (χ1n) is 8.38. The van der Waals surface area contributed by atoms with Gasteiger partial charge in [-0.1, -0.05) is 11.6 Å². The van der Waals surface area contributed by atoms with E-state index in [-0.39, 0.29) is 5.92 Å². The van der Waals surface area contributed by atoms with E-state index in [1.54, 1.807) is 6.07 Å². The number of piperidine rings is 1. The van der Waals surface area contributed by atoms with E-state index in [4.69, 9.17) is 16.0 Å². The van der Waals surface area contributed by atoms with Crippen molar-refractivity contribution < 1.29 is 9.21 Å². The lowest BCUT2D eigenvalue weighted by Gasteiger charge is -2.35. The SMILES string of the molecule is O=C(C1CCCN(c2nc3cc(Cl)ccc3o2)C1)N1CCSCC1. The van der Waals surface area contributed by atoms with Crippen molar-refractivity contribution in [3.8, 4) is 0 Å². The van der Waals surface area contributed by atoms with Crippen molar-refractivity contribution in [1.29, 1.82) is 0 Å². The number of amides is 1. The van der Waals surface area contributed by atoms with Crippen LogP contribution in [0.5, 0.6) is 0 Å². The minimum atomic E-state index is 0.0421. The van der Waals surface area contributed by atoms with Crippen molar-refractivity contribution in [3.63, 3.8) is 0 Å². The van der Waals surface area contributed by atoms with Gasteiger partial charge in [0.1, 0.15) is 5.52 Å². The van der Waals surface area contributed by atoms with Crippen LogP contribution in [0.25, 0.3) is 11.1 Å². The van der Waals surface area contributed by atoms with Crippen molar-refractivity contribution in [1.82, 2.24) is 9.88 Å². The Labute approximate surface area is 150 Å². The van der Waals surface area contributed by atoms with E-state index in [1.165, 1.54) is 0 Å². The van der Waals surface area contributed by atoms with Crippen molar-refractivity contribution in [2.45, 2.75) is 12.8 Å². The summed E-state index contributed by atoms with van der Waals surface area (Å²) in [5.41, 5.74) is 1.50. The second-order valence-electron chi connectivity index (χ2n) is 6.33. The Morgan fingerprint density at radius 2 is 2.12 bits per heavy atom. The van der Waals surface area contributed by atoms with Crippen LogP contribution in [-0.4, -0.2) is 53.5 Å². The molecule has 7 heteroatoms. The number of nitrogens with zero attached hydrogens (tertiary/aromatic N) is 3. The van der Waals surface area contributed by atoms with Gasteiger partial charge >= 0.3 is 0 Å². The molecule has 0 radical (unpaired) electrons. The molecule has 1 atom stereocenters. The molecule has 1 amide bonds.